The fraction of sp³-hybridized carbons (Fsp3) is 0.231. The van der Waals surface area contributed by atoms with Crippen molar-refractivity contribution in [3.05, 3.63) is 36.4 Å². The first-order valence-electron chi connectivity index (χ1n) is 5.97. The van der Waals surface area contributed by atoms with Gasteiger partial charge in [-0.2, -0.15) is 0 Å². The molecule has 0 saturated carbocycles. The van der Waals surface area contributed by atoms with Gasteiger partial charge in [0, 0.05) is 37.3 Å². The molecule has 0 radical (unpaired) electrons. The second-order valence-corrected chi connectivity index (χ2v) is 5.31. The summed E-state index contributed by atoms with van der Waals surface area (Å²) in [5.41, 5.74) is 7.99. The molecule has 0 saturated heterocycles. The first kappa shape index (κ1) is 12.1. The topological polar surface area (TPSA) is 69.9 Å². The number of anilines is 1. The number of nitrogen functional groups attached to an aromatic ring is 1. The van der Waals surface area contributed by atoms with E-state index in [0.717, 1.165) is 29.1 Å². The number of fused-ring (bicyclic) bond motifs is 1. The molecule has 0 spiro atoms. The predicted octanol–water partition coefficient (Wildman–Crippen LogP) is 2.48. The van der Waals surface area contributed by atoms with Crippen LogP contribution >= 0.6 is 11.8 Å². The van der Waals surface area contributed by atoms with Crippen molar-refractivity contribution in [3.8, 4) is 0 Å². The van der Waals surface area contributed by atoms with Gasteiger partial charge in [0.05, 0.1) is 0 Å². The lowest BCUT2D eigenvalue weighted by Gasteiger charge is -1.99. The third-order valence-corrected chi connectivity index (χ3v) is 3.69. The number of nitrogens with two attached hydrogens (primary N) is 1. The summed E-state index contributed by atoms with van der Waals surface area (Å²) in [6.45, 7) is 0. The van der Waals surface area contributed by atoms with E-state index >= 15 is 0 Å². The largest absolute Gasteiger partial charge is 0.431 e. The fourth-order valence-corrected chi connectivity index (χ4v) is 2.62. The van der Waals surface area contributed by atoms with Crippen molar-refractivity contribution in [2.24, 2.45) is 7.05 Å². The summed E-state index contributed by atoms with van der Waals surface area (Å²) >= 11 is 1.59. The van der Waals surface area contributed by atoms with Crippen LogP contribution in [0.1, 0.15) is 5.82 Å². The second-order valence-electron chi connectivity index (χ2n) is 4.26. The first-order chi connectivity index (χ1) is 9.22. The number of nitrogens with zero attached hydrogens (tertiary/aromatic N) is 3. The molecule has 0 aliphatic carbocycles. The Morgan fingerprint density at radius 3 is 3.11 bits per heavy atom. The van der Waals surface area contributed by atoms with E-state index in [1.165, 1.54) is 0 Å². The minimum Gasteiger partial charge on any atom is -0.431 e. The molecule has 98 valence electrons. The third kappa shape index (κ3) is 2.58. The molecule has 2 aromatic heterocycles. The molecule has 0 fully saturated rings. The van der Waals surface area contributed by atoms with Crippen LogP contribution in [0, 0.1) is 0 Å². The SMILES string of the molecule is Cn1ccnc1CCSc1nc2cc(N)ccc2o1. The van der Waals surface area contributed by atoms with Crippen molar-refractivity contribution in [1.29, 1.82) is 0 Å². The van der Waals surface area contributed by atoms with Crippen LogP contribution in [0.4, 0.5) is 5.69 Å². The quantitative estimate of drug-likeness (QED) is 0.584. The van der Waals surface area contributed by atoms with E-state index in [1.54, 1.807) is 11.8 Å². The highest BCUT2D eigenvalue weighted by Gasteiger charge is 2.07. The van der Waals surface area contributed by atoms with Gasteiger partial charge in [0.2, 0.25) is 0 Å². The van der Waals surface area contributed by atoms with E-state index in [-0.39, 0.29) is 0 Å². The molecule has 0 amide bonds. The second kappa shape index (κ2) is 4.97. The molecule has 0 atom stereocenters. The maximum absolute atomic E-state index is 5.71. The number of aromatic nitrogens is 3. The monoisotopic (exact) mass is 274 g/mol. The van der Waals surface area contributed by atoms with E-state index < -0.39 is 0 Å². The summed E-state index contributed by atoms with van der Waals surface area (Å²) in [5, 5.41) is 0.676. The Kier molecular flexibility index (Phi) is 3.16. The molecule has 1 aromatic carbocycles. The maximum atomic E-state index is 5.71. The zero-order valence-corrected chi connectivity index (χ0v) is 11.4. The van der Waals surface area contributed by atoms with Crippen molar-refractivity contribution in [1.82, 2.24) is 14.5 Å². The minimum absolute atomic E-state index is 0.676. The fourth-order valence-electron chi connectivity index (χ4n) is 1.85. The molecule has 0 unspecified atom stereocenters. The number of hydrogen-bond acceptors (Lipinski definition) is 5. The van der Waals surface area contributed by atoms with E-state index in [0.29, 0.717) is 10.9 Å². The zero-order chi connectivity index (χ0) is 13.2. The Morgan fingerprint density at radius 2 is 2.32 bits per heavy atom. The van der Waals surface area contributed by atoms with Crippen molar-refractivity contribution in [2.75, 3.05) is 11.5 Å². The maximum Gasteiger partial charge on any atom is 0.256 e. The van der Waals surface area contributed by atoms with Gasteiger partial charge in [0.25, 0.3) is 5.22 Å². The van der Waals surface area contributed by atoms with Crippen LogP contribution in [0.2, 0.25) is 0 Å². The molecule has 3 rings (SSSR count). The first-order valence-corrected chi connectivity index (χ1v) is 6.96. The number of thioether (sulfide) groups is 1. The molecule has 6 heteroatoms. The summed E-state index contributed by atoms with van der Waals surface area (Å²) in [6, 6.07) is 5.48. The van der Waals surface area contributed by atoms with E-state index in [1.807, 2.05) is 42.2 Å². The van der Waals surface area contributed by atoms with Gasteiger partial charge in [-0.1, -0.05) is 11.8 Å². The highest BCUT2D eigenvalue weighted by molar-refractivity contribution is 7.99. The van der Waals surface area contributed by atoms with Crippen molar-refractivity contribution in [3.63, 3.8) is 0 Å². The Morgan fingerprint density at radius 1 is 1.42 bits per heavy atom. The molecular formula is C13H14N4OS. The number of benzene rings is 1. The standard InChI is InChI=1S/C13H14N4OS/c1-17-6-5-15-12(17)4-7-19-13-16-10-8-9(14)2-3-11(10)18-13/h2-3,5-6,8H,4,7,14H2,1H3. The smallest absolute Gasteiger partial charge is 0.256 e. The molecule has 3 aromatic rings. The zero-order valence-electron chi connectivity index (χ0n) is 10.5. The summed E-state index contributed by atoms with van der Waals surface area (Å²) in [7, 11) is 2.00. The molecular weight excluding hydrogens is 260 g/mol. The number of imidazole rings is 1. The van der Waals surface area contributed by atoms with E-state index in [2.05, 4.69) is 9.97 Å². The van der Waals surface area contributed by atoms with Crippen molar-refractivity contribution < 1.29 is 4.42 Å². The highest BCUT2D eigenvalue weighted by atomic mass is 32.2. The van der Waals surface area contributed by atoms with Crippen LogP contribution in [0.25, 0.3) is 11.1 Å². The van der Waals surface area contributed by atoms with E-state index in [9.17, 15) is 0 Å². The van der Waals surface area contributed by atoms with Crippen molar-refractivity contribution >= 4 is 28.5 Å². The van der Waals surface area contributed by atoms with Gasteiger partial charge < -0.3 is 14.7 Å². The Bertz CT molecular complexity index is 704. The van der Waals surface area contributed by atoms with Gasteiger partial charge in [0.15, 0.2) is 5.58 Å². The van der Waals surface area contributed by atoms with Gasteiger partial charge in [-0.05, 0) is 18.2 Å². The van der Waals surface area contributed by atoms with Crippen LogP contribution in [-0.2, 0) is 13.5 Å². The molecule has 19 heavy (non-hydrogen) atoms. The van der Waals surface area contributed by atoms with Gasteiger partial charge in [-0.25, -0.2) is 9.97 Å². The number of oxazole rings is 1. The summed E-state index contributed by atoms with van der Waals surface area (Å²) in [4.78, 5) is 8.69. The van der Waals surface area contributed by atoms with Crippen LogP contribution in [-0.4, -0.2) is 20.3 Å². The highest BCUT2D eigenvalue weighted by Crippen LogP contribution is 2.25. The number of rotatable bonds is 4. The van der Waals surface area contributed by atoms with Crippen molar-refractivity contribution in [2.45, 2.75) is 11.6 Å². The normalized spacial score (nSPS) is 11.2. The van der Waals surface area contributed by atoms with Crippen LogP contribution in [0.15, 0.2) is 40.2 Å². The molecule has 2 heterocycles. The summed E-state index contributed by atoms with van der Waals surface area (Å²) in [6.07, 6.45) is 4.64. The third-order valence-electron chi connectivity index (χ3n) is 2.86. The Balaban J connectivity index is 1.67. The Hall–Kier alpha value is -1.95. The van der Waals surface area contributed by atoms with Crippen LogP contribution in [0.5, 0.6) is 0 Å². The lowest BCUT2D eigenvalue weighted by Crippen LogP contribution is -1.98. The molecule has 0 bridgehead atoms. The van der Waals surface area contributed by atoms with Crippen LogP contribution < -0.4 is 5.73 Å². The molecule has 0 aliphatic heterocycles. The Labute approximate surface area is 114 Å². The summed E-state index contributed by atoms with van der Waals surface area (Å²) in [5.74, 6) is 1.94. The van der Waals surface area contributed by atoms with Gasteiger partial charge in [-0.15, -0.1) is 0 Å². The lowest BCUT2D eigenvalue weighted by molar-refractivity contribution is 0.489. The molecule has 2 N–H and O–H groups in total. The lowest BCUT2D eigenvalue weighted by atomic mass is 10.3. The molecule has 5 nitrogen and oxygen atoms in total. The number of aryl methyl sites for hydroxylation is 2. The molecule has 0 aliphatic rings. The van der Waals surface area contributed by atoms with Gasteiger partial charge in [0.1, 0.15) is 11.3 Å². The number of hydrogen-bond donors (Lipinski definition) is 1. The van der Waals surface area contributed by atoms with Gasteiger partial charge in [-0.3, -0.25) is 0 Å². The van der Waals surface area contributed by atoms with Crippen LogP contribution in [0.3, 0.4) is 0 Å². The average molecular weight is 274 g/mol. The van der Waals surface area contributed by atoms with E-state index in [4.69, 9.17) is 10.2 Å². The predicted molar refractivity (Wildman–Crippen MR) is 76.1 cm³/mol. The minimum atomic E-state index is 0.676. The average Bonchev–Trinajstić information content (AvgIpc) is 2.95. The summed E-state index contributed by atoms with van der Waals surface area (Å²) < 4.78 is 7.66. The van der Waals surface area contributed by atoms with Gasteiger partial charge >= 0.3 is 0 Å².